The summed E-state index contributed by atoms with van der Waals surface area (Å²) in [5.41, 5.74) is 2.73. The van der Waals surface area contributed by atoms with E-state index in [1.165, 1.54) is 0 Å². The first-order valence-corrected chi connectivity index (χ1v) is 7.07. The summed E-state index contributed by atoms with van der Waals surface area (Å²) in [7, 11) is 0. The van der Waals surface area contributed by atoms with Gasteiger partial charge in [0.25, 0.3) is 0 Å². The maximum Gasteiger partial charge on any atom is 0.139 e. The molecule has 3 rings (SSSR count). The first-order chi connectivity index (χ1) is 10.3. The highest BCUT2D eigenvalue weighted by atomic mass is 16.1. The first-order valence-electron chi connectivity index (χ1n) is 7.07. The highest BCUT2D eigenvalue weighted by molar-refractivity contribution is 5.82. The number of aromatic nitrogens is 2. The Hall–Kier alpha value is -2.55. The summed E-state index contributed by atoms with van der Waals surface area (Å²) in [5.74, 6) is 0.198. The average Bonchev–Trinajstić information content (AvgIpc) is 2.54. The monoisotopic (exact) mass is 276 g/mol. The molecule has 3 aromatic rings. The van der Waals surface area contributed by atoms with Crippen molar-refractivity contribution in [2.45, 2.75) is 19.3 Å². The zero-order valence-corrected chi connectivity index (χ0v) is 11.7. The van der Waals surface area contributed by atoms with Gasteiger partial charge in [-0.25, -0.2) is 0 Å². The summed E-state index contributed by atoms with van der Waals surface area (Å²) < 4.78 is 0. The highest BCUT2D eigenvalue weighted by Gasteiger charge is 2.06. The lowest BCUT2D eigenvalue weighted by Gasteiger charge is -2.03. The summed E-state index contributed by atoms with van der Waals surface area (Å²) in [4.78, 5) is 20.8. The number of rotatable bonds is 5. The zero-order valence-electron chi connectivity index (χ0n) is 11.7. The van der Waals surface area contributed by atoms with E-state index in [0.717, 1.165) is 22.3 Å². The van der Waals surface area contributed by atoms with Crippen molar-refractivity contribution in [3.8, 4) is 0 Å². The van der Waals surface area contributed by atoms with Crippen LogP contribution in [0.4, 0.5) is 0 Å². The fourth-order valence-corrected chi connectivity index (χ4v) is 2.31. The quantitative estimate of drug-likeness (QED) is 0.717. The second-order valence-corrected chi connectivity index (χ2v) is 5.03. The van der Waals surface area contributed by atoms with Crippen LogP contribution in [0.1, 0.15) is 17.8 Å². The molecule has 3 heteroatoms. The standard InChI is InChI=1S/C18H16N2O/c21-17(11-10-15-6-3-4-12-19-15)13-16-9-8-14-5-1-2-7-18(14)20-16/h1-9,12H,10-11,13H2. The van der Waals surface area contributed by atoms with Gasteiger partial charge in [-0.05, 0) is 30.7 Å². The third kappa shape index (κ3) is 3.51. The van der Waals surface area contributed by atoms with Crippen LogP contribution < -0.4 is 0 Å². The molecule has 0 saturated heterocycles. The van der Waals surface area contributed by atoms with Gasteiger partial charge >= 0.3 is 0 Å². The van der Waals surface area contributed by atoms with E-state index >= 15 is 0 Å². The normalized spacial score (nSPS) is 10.7. The van der Waals surface area contributed by atoms with Crippen LogP contribution in [-0.2, 0) is 17.6 Å². The minimum Gasteiger partial charge on any atom is -0.299 e. The number of fused-ring (bicyclic) bond motifs is 1. The van der Waals surface area contributed by atoms with Crippen LogP contribution in [0.3, 0.4) is 0 Å². The maximum absolute atomic E-state index is 12.1. The summed E-state index contributed by atoms with van der Waals surface area (Å²) in [6.07, 6.45) is 3.33. The average molecular weight is 276 g/mol. The van der Waals surface area contributed by atoms with Gasteiger partial charge in [0.05, 0.1) is 5.52 Å². The van der Waals surface area contributed by atoms with E-state index in [-0.39, 0.29) is 5.78 Å². The lowest BCUT2D eigenvalue weighted by atomic mass is 10.1. The Balaban J connectivity index is 1.63. The fraction of sp³-hybridized carbons (Fsp3) is 0.167. The minimum atomic E-state index is 0.198. The van der Waals surface area contributed by atoms with Crippen LogP contribution in [0.5, 0.6) is 0 Å². The van der Waals surface area contributed by atoms with Crippen LogP contribution in [0.15, 0.2) is 60.8 Å². The van der Waals surface area contributed by atoms with E-state index < -0.39 is 0 Å². The highest BCUT2D eigenvalue weighted by Crippen LogP contribution is 2.12. The second kappa shape index (κ2) is 6.27. The number of nitrogens with zero attached hydrogens (tertiary/aromatic N) is 2. The molecule has 2 aromatic heterocycles. The van der Waals surface area contributed by atoms with E-state index in [4.69, 9.17) is 0 Å². The number of carbonyl (C=O) groups excluding carboxylic acids is 1. The number of pyridine rings is 2. The van der Waals surface area contributed by atoms with Gasteiger partial charge in [-0.1, -0.05) is 30.3 Å². The van der Waals surface area contributed by atoms with Gasteiger partial charge in [0.1, 0.15) is 5.78 Å². The minimum absolute atomic E-state index is 0.198. The van der Waals surface area contributed by atoms with Gasteiger partial charge in [0, 0.05) is 35.8 Å². The van der Waals surface area contributed by atoms with Crippen molar-refractivity contribution >= 4 is 16.7 Å². The lowest BCUT2D eigenvalue weighted by molar-refractivity contribution is -0.118. The molecular formula is C18H16N2O. The Kier molecular flexibility index (Phi) is 4.01. The molecule has 0 N–H and O–H groups in total. The number of benzene rings is 1. The molecule has 3 nitrogen and oxygen atoms in total. The molecule has 104 valence electrons. The SMILES string of the molecule is O=C(CCc1ccccn1)Cc1ccc2ccccc2n1. The Bertz CT molecular complexity index is 753. The Morgan fingerprint density at radius 3 is 2.62 bits per heavy atom. The number of carbonyl (C=O) groups is 1. The van der Waals surface area contributed by atoms with Crippen molar-refractivity contribution < 1.29 is 4.79 Å². The smallest absolute Gasteiger partial charge is 0.139 e. The van der Waals surface area contributed by atoms with Gasteiger partial charge in [0.2, 0.25) is 0 Å². The van der Waals surface area contributed by atoms with Crippen LogP contribution in [0.25, 0.3) is 10.9 Å². The summed E-state index contributed by atoms with van der Waals surface area (Å²) in [6.45, 7) is 0. The van der Waals surface area contributed by atoms with Crippen LogP contribution in [-0.4, -0.2) is 15.8 Å². The summed E-state index contributed by atoms with van der Waals surface area (Å²) >= 11 is 0. The molecule has 0 aliphatic rings. The predicted molar refractivity (Wildman–Crippen MR) is 83.0 cm³/mol. The number of ketones is 1. The number of hydrogen-bond acceptors (Lipinski definition) is 3. The maximum atomic E-state index is 12.1. The number of para-hydroxylation sites is 1. The summed E-state index contributed by atoms with van der Waals surface area (Å²) in [6, 6.07) is 17.7. The van der Waals surface area contributed by atoms with E-state index in [2.05, 4.69) is 9.97 Å². The van der Waals surface area contributed by atoms with Crippen molar-refractivity contribution in [2.75, 3.05) is 0 Å². The molecule has 0 spiro atoms. The Labute approximate surface area is 123 Å². The number of hydrogen-bond donors (Lipinski definition) is 0. The molecule has 1 aromatic carbocycles. The fourth-order valence-electron chi connectivity index (χ4n) is 2.31. The third-order valence-corrected chi connectivity index (χ3v) is 3.42. The van der Waals surface area contributed by atoms with E-state index in [9.17, 15) is 4.79 Å². The second-order valence-electron chi connectivity index (χ2n) is 5.03. The van der Waals surface area contributed by atoms with Crippen molar-refractivity contribution in [1.29, 1.82) is 0 Å². The molecule has 0 saturated carbocycles. The zero-order chi connectivity index (χ0) is 14.5. The molecule has 0 aliphatic carbocycles. The molecule has 0 bridgehead atoms. The topological polar surface area (TPSA) is 42.9 Å². The molecule has 0 fully saturated rings. The van der Waals surface area contributed by atoms with E-state index in [1.54, 1.807) is 6.20 Å². The van der Waals surface area contributed by atoms with E-state index in [0.29, 0.717) is 19.3 Å². The van der Waals surface area contributed by atoms with E-state index in [1.807, 2.05) is 54.6 Å². The van der Waals surface area contributed by atoms with Gasteiger partial charge in [-0.3, -0.25) is 14.8 Å². The van der Waals surface area contributed by atoms with Crippen molar-refractivity contribution in [3.63, 3.8) is 0 Å². The largest absolute Gasteiger partial charge is 0.299 e. The van der Waals surface area contributed by atoms with Crippen molar-refractivity contribution in [2.24, 2.45) is 0 Å². The molecule has 0 amide bonds. The third-order valence-electron chi connectivity index (χ3n) is 3.42. The molecule has 21 heavy (non-hydrogen) atoms. The lowest BCUT2D eigenvalue weighted by Crippen LogP contribution is -2.06. The van der Waals surface area contributed by atoms with Gasteiger partial charge in [-0.15, -0.1) is 0 Å². The molecule has 0 atom stereocenters. The van der Waals surface area contributed by atoms with Crippen LogP contribution >= 0.6 is 0 Å². The molecular weight excluding hydrogens is 260 g/mol. The van der Waals surface area contributed by atoms with Crippen molar-refractivity contribution in [3.05, 3.63) is 72.2 Å². The van der Waals surface area contributed by atoms with Crippen LogP contribution in [0, 0.1) is 0 Å². The predicted octanol–water partition coefficient (Wildman–Crippen LogP) is 3.37. The summed E-state index contributed by atoms with van der Waals surface area (Å²) in [5, 5.41) is 1.10. The van der Waals surface area contributed by atoms with Gasteiger partial charge in [-0.2, -0.15) is 0 Å². The molecule has 0 radical (unpaired) electrons. The first kappa shape index (κ1) is 13.4. The van der Waals surface area contributed by atoms with Gasteiger partial charge in [0.15, 0.2) is 0 Å². The van der Waals surface area contributed by atoms with Gasteiger partial charge < -0.3 is 0 Å². The Morgan fingerprint density at radius 1 is 0.905 bits per heavy atom. The molecule has 0 unspecified atom stereocenters. The Morgan fingerprint density at radius 2 is 1.76 bits per heavy atom. The van der Waals surface area contributed by atoms with Crippen molar-refractivity contribution in [1.82, 2.24) is 9.97 Å². The number of aryl methyl sites for hydroxylation is 1. The molecule has 0 aliphatic heterocycles. The van der Waals surface area contributed by atoms with Crippen LogP contribution in [0.2, 0.25) is 0 Å². The number of Topliss-reactive ketones (excluding diaryl/α,β-unsaturated/α-hetero) is 1. The molecule has 2 heterocycles.